The maximum atomic E-state index is 15.2. The molecule has 4 aromatic rings. The van der Waals surface area contributed by atoms with E-state index in [9.17, 15) is 14.9 Å². The number of alkyl halides is 2. The van der Waals surface area contributed by atoms with E-state index in [-0.39, 0.29) is 39.7 Å². The van der Waals surface area contributed by atoms with Gasteiger partial charge in [0.05, 0.1) is 44.3 Å². The first-order chi connectivity index (χ1) is 19.7. The molecule has 0 fully saturated rings. The molecule has 0 bridgehead atoms. The molecule has 0 unspecified atom stereocenters. The molecule has 208 valence electrons. The van der Waals surface area contributed by atoms with E-state index in [0.29, 0.717) is 23.7 Å². The van der Waals surface area contributed by atoms with E-state index >= 15 is 8.78 Å². The molecule has 0 aliphatic carbocycles. The van der Waals surface area contributed by atoms with Crippen molar-refractivity contribution in [3.63, 3.8) is 0 Å². The van der Waals surface area contributed by atoms with E-state index in [0.717, 1.165) is 0 Å². The van der Waals surface area contributed by atoms with Gasteiger partial charge in [-0.05, 0) is 61.5 Å². The fourth-order valence-electron chi connectivity index (χ4n) is 4.79. The highest BCUT2D eigenvalue weighted by atomic mass is 19.3. The molecule has 0 saturated heterocycles. The summed E-state index contributed by atoms with van der Waals surface area (Å²) in [5.74, 6) is -3.44. The van der Waals surface area contributed by atoms with Gasteiger partial charge in [-0.3, -0.25) is 14.3 Å². The zero-order valence-corrected chi connectivity index (χ0v) is 22.4. The maximum Gasteiger partial charge on any atom is 0.298 e. The smallest absolute Gasteiger partial charge is 0.298 e. The van der Waals surface area contributed by atoms with Gasteiger partial charge in [0.25, 0.3) is 17.7 Å². The Hall–Kier alpha value is -5.24. The summed E-state index contributed by atoms with van der Waals surface area (Å²) in [5, 5.41) is 16.3. The van der Waals surface area contributed by atoms with Crippen LogP contribution >= 0.6 is 0 Å². The minimum atomic E-state index is -3.26. The summed E-state index contributed by atoms with van der Waals surface area (Å²) in [6.45, 7) is 2.14. The molecule has 1 atom stereocenters. The number of nitrogens with zero attached hydrogens (tertiary/aromatic N) is 4. The van der Waals surface area contributed by atoms with Crippen LogP contribution in [0.25, 0.3) is 0 Å². The molecule has 0 spiro atoms. The van der Waals surface area contributed by atoms with Gasteiger partial charge >= 0.3 is 0 Å². The van der Waals surface area contributed by atoms with Gasteiger partial charge in [-0.15, -0.1) is 0 Å². The second-order valence-corrected chi connectivity index (χ2v) is 9.44. The van der Waals surface area contributed by atoms with E-state index in [1.165, 1.54) is 96.7 Å². The molecular weight excluding hydrogens is 532 g/mol. The third kappa shape index (κ3) is 4.96. The van der Waals surface area contributed by atoms with Gasteiger partial charge in [-0.25, -0.2) is 0 Å². The molecule has 0 radical (unpaired) electrons. The predicted molar refractivity (Wildman–Crippen MR) is 147 cm³/mol. The van der Waals surface area contributed by atoms with Crippen LogP contribution in [0.4, 0.5) is 20.2 Å². The first kappa shape index (κ1) is 27.3. The monoisotopic (exact) mass is 557 g/mol. The molecule has 5 rings (SSSR count). The Morgan fingerprint density at radius 1 is 1.05 bits per heavy atom. The van der Waals surface area contributed by atoms with Crippen molar-refractivity contribution in [1.29, 1.82) is 5.26 Å². The number of carbonyl (C=O) groups excluding carboxylic acids is 2. The first-order valence-corrected chi connectivity index (χ1v) is 12.6. The van der Waals surface area contributed by atoms with Crippen LogP contribution in [0.5, 0.6) is 11.5 Å². The molecule has 1 aliphatic heterocycles. The molecule has 41 heavy (non-hydrogen) atoms. The number of ether oxygens (including phenoxy) is 2. The quantitative estimate of drug-likeness (QED) is 0.334. The molecule has 2 heterocycles. The highest BCUT2D eigenvalue weighted by Gasteiger charge is 2.37. The van der Waals surface area contributed by atoms with Crippen molar-refractivity contribution >= 4 is 23.2 Å². The van der Waals surface area contributed by atoms with Gasteiger partial charge in [0.15, 0.2) is 0 Å². The highest BCUT2D eigenvalue weighted by molar-refractivity contribution is 6.13. The number of fused-ring (bicyclic) bond motifs is 1. The third-order valence-corrected chi connectivity index (χ3v) is 6.93. The Kier molecular flexibility index (Phi) is 7.15. The number of hydrogen-bond acceptors (Lipinski definition) is 6. The number of hydrogen-bond donors (Lipinski definition) is 1. The molecule has 1 N–H and O–H groups in total. The largest absolute Gasteiger partial charge is 0.497 e. The number of halogens is 2. The van der Waals surface area contributed by atoms with E-state index in [2.05, 4.69) is 10.4 Å². The Morgan fingerprint density at radius 2 is 1.71 bits per heavy atom. The number of methoxy groups -OCH3 is 2. The minimum Gasteiger partial charge on any atom is -0.497 e. The number of anilines is 2. The summed E-state index contributed by atoms with van der Waals surface area (Å²) in [7, 11) is 2.89. The topological polar surface area (TPSA) is 109 Å². The molecule has 9 nitrogen and oxygen atoms in total. The summed E-state index contributed by atoms with van der Waals surface area (Å²) < 4.78 is 42.1. The zero-order valence-electron chi connectivity index (χ0n) is 22.4. The van der Waals surface area contributed by atoms with Crippen LogP contribution in [0, 0.1) is 11.3 Å². The van der Waals surface area contributed by atoms with E-state index in [1.54, 1.807) is 0 Å². The standard InChI is InChI=1S/C30H25F2N5O4/c1-18-17-36-27(25(16-34-36)35-28(38)19-4-13-26(41-3)20(14-19)15-33)29(39)37(18)23-9-5-21(6-10-23)30(31,32)22-7-11-24(40-2)12-8-22/h4-14,16,18H,17H2,1-3H3,(H,35,38)/t18-/m0/s1. The lowest BCUT2D eigenvalue weighted by atomic mass is 9.99. The van der Waals surface area contributed by atoms with Crippen LogP contribution in [-0.2, 0) is 12.5 Å². The molecular formula is C30H25F2N5O4. The number of rotatable bonds is 7. The Labute approximate surface area is 234 Å². The van der Waals surface area contributed by atoms with Crippen LogP contribution in [0.2, 0.25) is 0 Å². The van der Waals surface area contributed by atoms with E-state index < -0.39 is 17.7 Å². The van der Waals surface area contributed by atoms with Crippen molar-refractivity contribution in [2.24, 2.45) is 0 Å². The first-order valence-electron chi connectivity index (χ1n) is 12.6. The fraction of sp³-hybridized carbons (Fsp3) is 0.200. The second-order valence-electron chi connectivity index (χ2n) is 9.44. The molecule has 1 aliphatic rings. The summed E-state index contributed by atoms with van der Waals surface area (Å²) >= 11 is 0. The van der Waals surface area contributed by atoms with Gasteiger partial charge in [0, 0.05) is 22.4 Å². The van der Waals surface area contributed by atoms with Gasteiger partial charge in [0.2, 0.25) is 0 Å². The van der Waals surface area contributed by atoms with Crippen molar-refractivity contribution in [3.05, 3.63) is 101 Å². The van der Waals surface area contributed by atoms with Crippen LogP contribution in [-0.4, -0.2) is 41.9 Å². The second kappa shape index (κ2) is 10.7. The fourth-order valence-corrected chi connectivity index (χ4v) is 4.79. The number of benzene rings is 3. The van der Waals surface area contributed by atoms with Crippen LogP contribution in [0.1, 0.15) is 44.5 Å². The lowest BCUT2D eigenvalue weighted by Gasteiger charge is -2.34. The molecule has 3 aromatic carbocycles. The van der Waals surface area contributed by atoms with Crippen molar-refractivity contribution in [3.8, 4) is 17.6 Å². The summed E-state index contributed by atoms with van der Waals surface area (Å²) in [6.07, 6.45) is 1.38. The van der Waals surface area contributed by atoms with Gasteiger partial charge < -0.3 is 19.7 Å². The number of carbonyl (C=O) groups is 2. The molecule has 11 heteroatoms. The van der Waals surface area contributed by atoms with Gasteiger partial charge in [-0.2, -0.15) is 19.1 Å². The van der Waals surface area contributed by atoms with Crippen LogP contribution in [0.3, 0.4) is 0 Å². The lowest BCUT2D eigenvalue weighted by Crippen LogP contribution is -2.47. The Bertz CT molecular complexity index is 1660. The maximum absolute atomic E-state index is 15.2. The number of nitriles is 1. The van der Waals surface area contributed by atoms with E-state index in [4.69, 9.17) is 9.47 Å². The molecule has 0 saturated carbocycles. The van der Waals surface area contributed by atoms with Crippen molar-refractivity contribution in [1.82, 2.24) is 9.78 Å². The number of nitrogens with one attached hydrogen (secondary N) is 1. The normalized spacial score (nSPS) is 14.7. The minimum absolute atomic E-state index is 0.151. The number of aromatic nitrogens is 2. The average molecular weight is 558 g/mol. The molecule has 2 amide bonds. The highest BCUT2D eigenvalue weighted by Crippen LogP contribution is 2.38. The zero-order chi connectivity index (χ0) is 29.3. The number of amides is 2. The van der Waals surface area contributed by atoms with Crippen LogP contribution < -0.4 is 19.7 Å². The molecule has 1 aromatic heterocycles. The Morgan fingerprint density at radius 3 is 2.32 bits per heavy atom. The summed E-state index contributed by atoms with van der Waals surface area (Å²) in [6, 6.07) is 17.2. The van der Waals surface area contributed by atoms with Crippen molar-refractivity contribution in [2.45, 2.75) is 25.4 Å². The Balaban J connectivity index is 1.39. The lowest BCUT2D eigenvalue weighted by molar-refractivity contribution is 0.0428. The van der Waals surface area contributed by atoms with Gasteiger partial charge in [-0.1, -0.05) is 12.1 Å². The summed E-state index contributed by atoms with van der Waals surface area (Å²) in [4.78, 5) is 28.1. The van der Waals surface area contributed by atoms with Gasteiger partial charge in [0.1, 0.15) is 23.3 Å². The third-order valence-electron chi connectivity index (χ3n) is 6.93. The average Bonchev–Trinajstić information content (AvgIpc) is 3.39. The SMILES string of the molecule is COc1ccc(C(F)(F)c2ccc(N3C(=O)c4c(NC(=O)c5ccc(OC)c(C#N)c5)cnn4C[C@@H]3C)cc2)cc1. The predicted octanol–water partition coefficient (Wildman–Crippen LogP) is 5.21. The van der Waals surface area contributed by atoms with Crippen LogP contribution in [0.15, 0.2) is 72.9 Å². The van der Waals surface area contributed by atoms with Crippen molar-refractivity contribution < 1.29 is 27.8 Å². The van der Waals surface area contributed by atoms with E-state index in [1.807, 2.05) is 13.0 Å². The summed E-state index contributed by atoms with van der Waals surface area (Å²) in [5.41, 5.74) is 0.745. The van der Waals surface area contributed by atoms with Crippen molar-refractivity contribution in [2.75, 3.05) is 24.4 Å².